The molecule has 1 fully saturated rings. The molecular weight excluding hydrogens is 246 g/mol. The van der Waals surface area contributed by atoms with Crippen LogP contribution in [-0.2, 0) is 4.74 Å². The SMILES string of the molecule is CCNc1nc(NC(C)C2CCOC2)nc(OC)n1. The molecule has 2 rings (SSSR count). The van der Waals surface area contributed by atoms with Gasteiger partial charge in [0.25, 0.3) is 0 Å². The Labute approximate surface area is 113 Å². The van der Waals surface area contributed by atoms with Crippen LogP contribution in [0.25, 0.3) is 0 Å². The molecule has 7 nitrogen and oxygen atoms in total. The van der Waals surface area contributed by atoms with Gasteiger partial charge in [-0.05, 0) is 20.3 Å². The van der Waals surface area contributed by atoms with Crippen LogP contribution in [0.2, 0.25) is 0 Å². The molecule has 19 heavy (non-hydrogen) atoms. The number of hydrogen-bond donors (Lipinski definition) is 2. The zero-order chi connectivity index (χ0) is 13.7. The Kier molecular flexibility index (Phi) is 4.73. The molecule has 0 spiro atoms. The summed E-state index contributed by atoms with van der Waals surface area (Å²) in [6.45, 7) is 6.47. The molecule has 1 aromatic rings. The zero-order valence-corrected chi connectivity index (χ0v) is 11.6. The molecular formula is C12H21N5O2. The van der Waals surface area contributed by atoms with Crippen LogP contribution in [0.15, 0.2) is 0 Å². The van der Waals surface area contributed by atoms with E-state index in [0.29, 0.717) is 23.8 Å². The Bertz CT molecular complexity index is 409. The number of methoxy groups -OCH3 is 1. The molecule has 1 aliphatic rings. The fourth-order valence-electron chi connectivity index (χ4n) is 2.02. The van der Waals surface area contributed by atoms with E-state index < -0.39 is 0 Å². The van der Waals surface area contributed by atoms with E-state index in [2.05, 4.69) is 32.5 Å². The Morgan fingerprint density at radius 2 is 2.16 bits per heavy atom. The molecule has 2 atom stereocenters. The molecule has 106 valence electrons. The second-order valence-corrected chi connectivity index (χ2v) is 4.56. The van der Waals surface area contributed by atoms with Crippen LogP contribution in [-0.4, -0.2) is 47.9 Å². The molecule has 2 heterocycles. The van der Waals surface area contributed by atoms with Crippen molar-refractivity contribution >= 4 is 11.9 Å². The van der Waals surface area contributed by atoms with Gasteiger partial charge in [0.05, 0.1) is 13.7 Å². The molecule has 2 N–H and O–H groups in total. The van der Waals surface area contributed by atoms with Gasteiger partial charge in [-0.2, -0.15) is 15.0 Å². The van der Waals surface area contributed by atoms with E-state index >= 15 is 0 Å². The summed E-state index contributed by atoms with van der Waals surface area (Å²) in [6.07, 6.45) is 1.07. The largest absolute Gasteiger partial charge is 0.467 e. The topological polar surface area (TPSA) is 81.2 Å². The highest BCUT2D eigenvalue weighted by Gasteiger charge is 2.23. The molecule has 0 bridgehead atoms. The number of nitrogens with one attached hydrogen (secondary N) is 2. The van der Waals surface area contributed by atoms with E-state index in [9.17, 15) is 0 Å². The van der Waals surface area contributed by atoms with Crippen LogP contribution >= 0.6 is 0 Å². The number of rotatable bonds is 6. The smallest absolute Gasteiger partial charge is 0.322 e. The Morgan fingerprint density at radius 1 is 1.37 bits per heavy atom. The van der Waals surface area contributed by atoms with Crippen LogP contribution in [0.4, 0.5) is 11.9 Å². The van der Waals surface area contributed by atoms with Crippen LogP contribution in [0, 0.1) is 5.92 Å². The molecule has 1 aromatic heterocycles. The van der Waals surface area contributed by atoms with Crippen molar-refractivity contribution < 1.29 is 9.47 Å². The van der Waals surface area contributed by atoms with E-state index in [1.165, 1.54) is 0 Å². The minimum atomic E-state index is 0.254. The summed E-state index contributed by atoms with van der Waals surface area (Å²) in [7, 11) is 1.54. The number of anilines is 2. The lowest BCUT2D eigenvalue weighted by Crippen LogP contribution is -2.27. The van der Waals surface area contributed by atoms with Crippen LogP contribution in [0.5, 0.6) is 6.01 Å². The third-order valence-corrected chi connectivity index (χ3v) is 3.16. The summed E-state index contributed by atoms with van der Waals surface area (Å²) < 4.78 is 10.5. The van der Waals surface area contributed by atoms with E-state index in [-0.39, 0.29) is 6.04 Å². The van der Waals surface area contributed by atoms with E-state index in [1.807, 2.05) is 6.92 Å². The van der Waals surface area contributed by atoms with Crippen molar-refractivity contribution in [2.75, 3.05) is 37.5 Å². The van der Waals surface area contributed by atoms with Crippen molar-refractivity contribution in [2.45, 2.75) is 26.3 Å². The first-order chi connectivity index (χ1) is 9.22. The molecule has 0 aliphatic carbocycles. The molecule has 0 aromatic carbocycles. The molecule has 1 saturated heterocycles. The number of nitrogens with zero attached hydrogens (tertiary/aromatic N) is 3. The molecule has 0 saturated carbocycles. The molecule has 1 aliphatic heterocycles. The van der Waals surface area contributed by atoms with Gasteiger partial charge in [-0.1, -0.05) is 0 Å². The first kappa shape index (κ1) is 13.8. The second kappa shape index (κ2) is 6.51. The number of hydrogen-bond acceptors (Lipinski definition) is 7. The van der Waals surface area contributed by atoms with Gasteiger partial charge in [0.15, 0.2) is 0 Å². The first-order valence-corrected chi connectivity index (χ1v) is 6.61. The number of aromatic nitrogens is 3. The van der Waals surface area contributed by atoms with Crippen molar-refractivity contribution in [2.24, 2.45) is 5.92 Å². The standard InChI is InChI=1S/C12H21N5O2/c1-4-13-10-15-11(17-12(16-10)18-3)14-8(2)9-5-6-19-7-9/h8-9H,4-7H2,1-3H3,(H2,13,14,15,16,17). The van der Waals surface area contributed by atoms with Gasteiger partial charge in [0, 0.05) is 25.1 Å². The highest BCUT2D eigenvalue weighted by molar-refractivity contribution is 5.36. The Hall–Kier alpha value is -1.63. The summed E-state index contributed by atoms with van der Waals surface area (Å²) in [5.41, 5.74) is 0. The molecule has 0 amide bonds. The lowest BCUT2D eigenvalue weighted by atomic mass is 10.0. The summed E-state index contributed by atoms with van der Waals surface area (Å²) >= 11 is 0. The van der Waals surface area contributed by atoms with Crippen molar-refractivity contribution in [3.8, 4) is 6.01 Å². The maximum atomic E-state index is 5.39. The van der Waals surface area contributed by atoms with Crippen molar-refractivity contribution in [3.63, 3.8) is 0 Å². The maximum absolute atomic E-state index is 5.39. The van der Waals surface area contributed by atoms with Crippen LogP contribution in [0.3, 0.4) is 0 Å². The molecule has 2 unspecified atom stereocenters. The van der Waals surface area contributed by atoms with E-state index in [4.69, 9.17) is 9.47 Å². The fraction of sp³-hybridized carbons (Fsp3) is 0.750. The number of ether oxygens (including phenoxy) is 2. The summed E-state index contributed by atoms with van der Waals surface area (Å²) in [4.78, 5) is 12.7. The highest BCUT2D eigenvalue weighted by atomic mass is 16.5. The molecule has 7 heteroatoms. The zero-order valence-electron chi connectivity index (χ0n) is 11.6. The van der Waals surface area contributed by atoms with Gasteiger partial charge in [-0.25, -0.2) is 0 Å². The van der Waals surface area contributed by atoms with Gasteiger partial charge in [0.2, 0.25) is 11.9 Å². The minimum Gasteiger partial charge on any atom is -0.467 e. The van der Waals surface area contributed by atoms with E-state index in [1.54, 1.807) is 7.11 Å². The summed E-state index contributed by atoms with van der Waals surface area (Å²) in [5.74, 6) is 1.54. The Balaban J connectivity index is 2.07. The summed E-state index contributed by atoms with van der Waals surface area (Å²) in [6, 6.07) is 0.562. The Morgan fingerprint density at radius 3 is 2.79 bits per heavy atom. The van der Waals surface area contributed by atoms with Gasteiger partial charge in [-0.3, -0.25) is 0 Å². The third-order valence-electron chi connectivity index (χ3n) is 3.16. The predicted octanol–water partition coefficient (Wildman–Crippen LogP) is 1.15. The average molecular weight is 267 g/mol. The van der Waals surface area contributed by atoms with Gasteiger partial charge >= 0.3 is 6.01 Å². The van der Waals surface area contributed by atoms with Gasteiger partial charge in [0.1, 0.15) is 0 Å². The van der Waals surface area contributed by atoms with Crippen LogP contribution in [0.1, 0.15) is 20.3 Å². The highest BCUT2D eigenvalue weighted by Crippen LogP contribution is 2.20. The average Bonchev–Trinajstić information content (AvgIpc) is 2.92. The predicted molar refractivity (Wildman–Crippen MR) is 72.6 cm³/mol. The van der Waals surface area contributed by atoms with Gasteiger partial charge < -0.3 is 20.1 Å². The quantitative estimate of drug-likeness (QED) is 0.800. The molecule has 0 radical (unpaired) electrons. The normalized spacial score (nSPS) is 20.1. The summed E-state index contributed by atoms with van der Waals surface area (Å²) in [5, 5.41) is 6.35. The lowest BCUT2D eigenvalue weighted by molar-refractivity contribution is 0.183. The fourth-order valence-corrected chi connectivity index (χ4v) is 2.02. The lowest BCUT2D eigenvalue weighted by Gasteiger charge is -2.19. The minimum absolute atomic E-state index is 0.254. The van der Waals surface area contributed by atoms with Crippen molar-refractivity contribution in [1.29, 1.82) is 0 Å². The monoisotopic (exact) mass is 267 g/mol. The first-order valence-electron chi connectivity index (χ1n) is 6.61. The van der Waals surface area contributed by atoms with Gasteiger partial charge in [-0.15, -0.1) is 0 Å². The second-order valence-electron chi connectivity index (χ2n) is 4.56. The van der Waals surface area contributed by atoms with Crippen LogP contribution < -0.4 is 15.4 Å². The van der Waals surface area contributed by atoms with Crippen molar-refractivity contribution in [3.05, 3.63) is 0 Å². The van der Waals surface area contributed by atoms with E-state index in [0.717, 1.165) is 26.2 Å². The third kappa shape index (κ3) is 3.66. The van der Waals surface area contributed by atoms with Crippen molar-refractivity contribution in [1.82, 2.24) is 15.0 Å². The maximum Gasteiger partial charge on any atom is 0.322 e.